The first-order chi connectivity index (χ1) is 9.08. The number of rotatable bonds is 4. The van der Waals surface area contributed by atoms with E-state index < -0.39 is 0 Å². The van der Waals surface area contributed by atoms with Crippen LogP contribution in [0, 0.1) is 11.8 Å². The molecule has 1 aromatic rings. The van der Waals surface area contributed by atoms with Crippen molar-refractivity contribution in [1.29, 1.82) is 0 Å². The van der Waals surface area contributed by atoms with Gasteiger partial charge in [-0.2, -0.15) is 0 Å². The zero-order valence-corrected chi connectivity index (χ0v) is 11.6. The number of carbonyl (C=O) groups excluding carboxylic acids is 2. The van der Waals surface area contributed by atoms with Gasteiger partial charge in [0.1, 0.15) is 0 Å². The third-order valence-corrected chi connectivity index (χ3v) is 3.89. The molecule has 102 valence electrons. The molecule has 1 aliphatic rings. The minimum absolute atomic E-state index is 0.00844. The Morgan fingerprint density at radius 1 is 1.11 bits per heavy atom. The molecule has 2 rings (SSSR count). The minimum Gasteiger partial charge on any atom is -0.282 e. The predicted molar refractivity (Wildman–Crippen MR) is 74.4 cm³/mol. The molecule has 0 atom stereocenters. The van der Waals surface area contributed by atoms with E-state index in [1.54, 1.807) is 0 Å². The Balaban J connectivity index is 1.94. The Kier molecular flexibility index (Phi) is 4.35. The van der Waals surface area contributed by atoms with Gasteiger partial charge in [-0.15, -0.1) is 0 Å². The van der Waals surface area contributed by atoms with E-state index in [4.69, 9.17) is 0 Å². The Bertz CT molecular complexity index is 435. The smallest absolute Gasteiger partial charge is 0.229 e. The second-order valence-electron chi connectivity index (χ2n) is 5.59. The fourth-order valence-corrected chi connectivity index (χ4v) is 2.49. The van der Waals surface area contributed by atoms with E-state index in [0.29, 0.717) is 25.3 Å². The topological polar surface area (TPSA) is 37.4 Å². The molecule has 3 heteroatoms. The van der Waals surface area contributed by atoms with E-state index in [-0.39, 0.29) is 17.7 Å². The maximum Gasteiger partial charge on any atom is 0.229 e. The van der Waals surface area contributed by atoms with Gasteiger partial charge in [0, 0.05) is 19.4 Å². The van der Waals surface area contributed by atoms with Crippen molar-refractivity contribution in [3.8, 4) is 0 Å². The van der Waals surface area contributed by atoms with Crippen molar-refractivity contribution >= 4 is 11.8 Å². The molecule has 0 spiro atoms. The van der Waals surface area contributed by atoms with Crippen LogP contribution in [0.5, 0.6) is 0 Å². The van der Waals surface area contributed by atoms with Gasteiger partial charge in [-0.25, -0.2) is 0 Å². The Labute approximate surface area is 114 Å². The van der Waals surface area contributed by atoms with Gasteiger partial charge in [-0.3, -0.25) is 14.5 Å². The Hall–Kier alpha value is -1.64. The molecule has 1 fully saturated rings. The summed E-state index contributed by atoms with van der Waals surface area (Å²) in [5, 5.41) is 0. The van der Waals surface area contributed by atoms with Crippen LogP contribution in [0.2, 0.25) is 0 Å². The van der Waals surface area contributed by atoms with Gasteiger partial charge < -0.3 is 0 Å². The summed E-state index contributed by atoms with van der Waals surface area (Å²) in [6.07, 6.45) is 1.76. The summed E-state index contributed by atoms with van der Waals surface area (Å²) < 4.78 is 0. The van der Waals surface area contributed by atoms with Crippen LogP contribution < -0.4 is 0 Å². The van der Waals surface area contributed by atoms with Crippen LogP contribution in [-0.4, -0.2) is 23.3 Å². The molecule has 1 heterocycles. The van der Waals surface area contributed by atoms with Gasteiger partial charge in [0.25, 0.3) is 0 Å². The van der Waals surface area contributed by atoms with Gasteiger partial charge in [-0.1, -0.05) is 44.2 Å². The zero-order valence-electron chi connectivity index (χ0n) is 11.6. The highest BCUT2D eigenvalue weighted by Crippen LogP contribution is 2.26. The predicted octanol–water partition coefficient (Wildman–Crippen LogP) is 2.65. The SMILES string of the molecule is CC(C)C1CC(=O)N(CCc2ccccc2)C(=O)C1. The van der Waals surface area contributed by atoms with E-state index in [0.717, 1.165) is 12.0 Å². The van der Waals surface area contributed by atoms with Crippen molar-refractivity contribution in [3.05, 3.63) is 35.9 Å². The van der Waals surface area contributed by atoms with E-state index in [2.05, 4.69) is 13.8 Å². The third kappa shape index (κ3) is 3.43. The normalized spacial score (nSPS) is 17.3. The first kappa shape index (κ1) is 13.8. The quantitative estimate of drug-likeness (QED) is 0.780. The number of nitrogens with zero attached hydrogens (tertiary/aromatic N) is 1. The zero-order chi connectivity index (χ0) is 13.8. The maximum atomic E-state index is 12.0. The molecule has 3 nitrogen and oxygen atoms in total. The van der Waals surface area contributed by atoms with E-state index in [9.17, 15) is 9.59 Å². The van der Waals surface area contributed by atoms with Crippen molar-refractivity contribution in [1.82, 2.24) is 4.90 Å². The lowest BCUT2D eigenvalue weighted by molar-refractivity contribution is -0.150. The van der Waals surface area contributed by atoms with Crippen LogP contribution in [-0.2, 0) is 16.0 Å². The minimum atomic E-state index is -0.00844. The van der Waals surface area contributed by atoms with Crippen LogP contribution >= 0.6 is 0 Å². The van der Waals surface area contributed by atoms with Crippen LogP contribution in [0.3, 0.4) is 0 Å². The number of imide groups is 1. The molecule has 0 radical (unpaired) electrons. The van der Waals surface area contributed by atoms with Crippen LogP contribution in [0.25, 0.3) is 0 Å². The van der Waals surface area contributed by atoms with Crippen LogP contribution in [0.15, 0.2) is 30.3 Å². The highest BCUT2D eigenvalue weighted by Gasteiger charge is 2.33. The largest absolute Gasteiger partial charge is 0.282 e. The van der Waals surface area contributed by atoms with Gasteiger partial charge in [0.2, 0.25) is 11.8 Å². The van der Waals surface area contributed by atoms with Crippen molar-refractivity contribution in [3.63, 3.8) is 0 Å². The molecule has 1 saturated heterocycles. The standard InChI is InChI=1S/C16H21NO2/c1-12(2)14-10-15(18)17(16(19)11-14)9-8-13-6-4-3-5-7-13/h3-7,12,14H,8-11H2,1-2H3. The third-order valence-electron chi connectivity index (χ3n) is 3.89. The Morgan fingerprint density at radius 3 is 2.21 bits per heavy atom. The molecular formula is C16H21NO2. The average Bonchev–Trinajstić information content (AvgIpc) is 2.38. The second kappa shape index (κ2) is 6.00. The van der Waals surface area contributed by atoms with Crippen molar-refractivity contribution in [2.75, 3.05) is 6.54 Å². The molecule has 0 aromatic heterocycles. The number of amides is 2. The lowest BCUT2D eigenvalue weighted by Crippen LogP contribution is -2.45. The summed E-state index contributed by atoms with van der Waals surface area (Å²) in [6.45, 7) is 4.65. The van der Waals surface area contributed by atoms with Crippen molar-refractivity contribution < 1.29 is 9.59 Å². The lowest BCUT2D eigenvalue weighted by Gasteiger charge is -2.31. The van der Waals surface area contributed by atoms with E-state index in [1.807, 2.05) is 30.3 Å². The summed E-state index contributed by atoms with van der Waals surface area (Å²) >= 11 is 0. The van der Waals surface area contributed by atoms with Gasteiger partial charge >= 0.3 is 0 Å². The molecule has 0 saturated carbocycles. The monoisotopic (exact) mass is 259 g/mol. The number of piperidine rings is 1. The summed E-state index contributed by atoms with van der Waals surface area (Å²) in [5.41, 5.74) is 1.16. The number of benzene rings is 1. The fraction of sp³-hybridized carbons (Fsp3) is 0.500. The number of hydrogen-bond acceptors (Lipinski definition) is 2. The van der Waals surface area contributed by atoms with Gasteiger partial charge in [0.15, 0.2) is 0 Å². The molecular weight excluding hydrogens is 238 g/mol. The van der Waals surface area contributed by atoms with Crippen molar-refractivity contribution in [2.45, 2.75) is 33.1 Å². The molecule has 0 unspecified atom stereocenters. The van der Waals surface area contributed by atoms with E-state index in [1.165, 1.54) is 4.90 Å². The molecule has 19 heavy (non-hydrogen) atoms. The second-order valence-corrected chi connectivity index (χ2v) is 5.59. The van der Waals surface area contributed by atoms with Crippen LogP contribution in [0.4, 0.5) is 0 Å². The number of carbonyl (C=O) groups is 2. The molecule has 0 aliphatic carbocycles. The number of likely N-dealkylation sites (tertiary alicyclic amines) is 1. The molecule has 2 amide bonds. The summed E-state index contributed by atoms with van der Waals surface area (Å²) in [7, 11) is 0. The van der Waals surface area contributed by atoms with Crippen LogP contribution in [0.1, 0.15) is 32.3 Å². The molecule has 1 aromatic carbocycles. The van der Waals surface area contributed by atoms with Gasteiger partial charge in [0.05, 0.1) is 0 Å². The number of hydrogen-bond donors (Lipinski definition) is 0. The molecule has 0 bridgehead atoms. The first-order valence-corrected chi connectivity index (χ1v) is 6.95. The summed E-state index contributed by atoms with van der Waals surface area (Å²) in [4.78, 5) is 25.5. The average molecular weight is 259 g/mol. The Morgan fingerprint density at radius 2 is 1.68 bits per heavy atom. The molecule has 0 N–H and O–H groups in total. The molecule has 1 aliphatic heterocycles. The highest BCUT2D eigenvalue weighted by atomic mass is 16.2. The summed E-state index contributed by atoms with van der Waals surface area (Å²) in [6, 6.07) is 9.97. The van der Waals surface area contributed by atoms with Crippen molar-refractivity contribution in [2.24, 2.45) is 11.8 Å². The van der Waals surface area contributed by atoms with Gasteiger partial charge in [-0.05, 0) is 23.8 Å². The summed E-state index contributed by atoms with van der Waals surface area (Å²) in [5.74, 6) is 0.592. The fourth-order valence-electron chi connectivity index (χ4n) is 2.49. The van der Waals surface area contributed by atoms with E-state index >= 15 is 0 Å². The highest BCUT2D eigenvalue weighted by molar-refractivity contribution is 5.97. The first-order valence-electron chi connectivity index (χ1n) is 6.95. The lowest BCUT2D eigenvalue weighted by atomic mass is 9.86. The maximum absolute atomic E-state index is 12.0.